The topological polar surface area (TPSA) is 37.8 Å². The Morgan fingerprint density at radius 2 is 1.81 bits per heavy atom. The molecule has 0 bridgehead atoms. The van der Waals surface area contributed by atoms with E-state index in [1.165, 1.54) is 12.1 Å². The predicted octanol–water partition coefficient (Wildman–Crippen LogP) is 3.79. The highest BCUT2D eigenvalue weighted by molar-refractivity contribution is 6.31. The fourth-order valence-corrected chi connectivity index (χ4v) is 2.81. The number of hydrogen-bond acceptors (Lipinski definition) is 1. The van der Waals surface area contributed by atoms with E-state index in [4.69, 9.17) is 11.6 Å². The van der Waals surface area contributed by atoms with Crippen LogP contribution in [0.4, 0.5) is 4.39 Å². The number of nitrogens with one attached hydrogen (secondary N) is 1. The molecule has 1 aromatic heterocycles. The number of fused-ring (bicyclic) bond motifs is 1. The van der Waals surface area contributed by atoms with Gasteiger partial charge in [-0.15, -0.1) is 0 Å². The van der Waals surface area contributed by atoms with Gasteiger partial charge in [0, 0.05) is 6.07 Å². The molecule has 3 rings (SSSR count). The van der Waals surface area contributed by atoms with Crippen LogP contribution < -0.4 is 5.69 Å². The molecule has 0 amide bonds. The average Bonchev–Trinajstić information content (AvgIpc) is 2.65. The quantitative estimate of drug-likeness (QED) is 0.768. The molecule has 0 aliphatic carbocycles. The van der Waals surface area contributed by atoms with E-state index >= 15 is 0 Å². The van der Waals surface area contributed by atoms with Crippen LogP contribution in [0.2, 0.25) is 5.02 Å². The van der Waals surface area contributed by atoms with E-state index in [9.17, 15) is 9.18 Å². The number of benzene rings is 2. The van der Waals surface area contributed by atoms with Gasteiger partial charge in [0.25, 0.3) is 0 Å². The maximum absolute atomic E-state index is 13.5. The van der Waals surface area contributed by atoms with Crippen LogP contribution in [-0.2, 0) is 6.54 Å². The summed E-state index contributed by atoms with van der Waals surface area (Å²) >= 11 is 5.82. The molecule has 0 aliphatic rings. The molecule has 21 heavy (non-hydrogen) atoms. The lowest BCUT2D eigenvalue weighted by atomic mass is 10.1. The van der Waals surface area contributed by atoms with Crippen molar-refractivity contribution in [3.63, 3.8) is 0 Å². The number of imidazole rings is 1. The van der Waals surface area contributed by atoms with Crippen LogP contribution in [0.1, 0.15) is 16.7 Å². The van der Waals surface area contributed by atoms with Crippen molar-refractivity contribution in [2.75, 3.05) is 0 Å². The number of aryl methyl sites for hydroxylation is 2. The standard InChI is InChI=1S/C16H14ClFN2O/c1-9-3-10(2)5-11(4-9)8-20-15-6-12(17)13(18)7-14(15)19-16(20)21/h3-7H,8H2,1-2H3,(H,19,21). The fraction of sp³-hybridized carbons (Fsp3) is 0.188. The summed E-state index contributed by atoms with van der Waals surface area (Å²) in [5, 5.41) is 0.00988. The fourth-order valence-electron chi connectivity index (χ4n) is 2.65. The van der Waals surface area contributed by atoms with Crippen molar-refractivity contribution < 1.29 is 4.39 Å². The van der Waals surface area contributed by atoms with E-state index in [1.807, 2.05) is 26.0 Å². The molecule has 0 atom stereocenters. The number of nitrogens with zero attached hydrogens (tertiary/aromatic N) is 1. The largest absolute Gasteiger partial charge is 0.326 e. The summed E-state index contributed by atoms with van der Waals surface area (Å²) in [4.78, 5) is 14.7. The maximum Gasteiger partial charge on any atom is 0.326 e. The highest BCUT2D eigenvalue weighted by Crippen LogP contribution is 2.21. The monoisotopic (exact) mass is 304 g/mol. The molecule has 2 aromatic carbocycles. The second-order valence-electron chi connectivity index (χ2n) is 5.30. The Morgan fingerprint density at radius 1 is 1.14 bits per heavy atom. The van der Waals surface area contributed by atoms with Crippen LogP contribution in [0.15, 0.2) is 35.1 Å². The molecular formula is C16H14ClFN2O. The van der Waals surface area contributed by atoms with Crippen molar-refractivity contribution in [3.8, 4) is 0 Å². The highest BCUT2D eigenvalue weighted by Gasteiger charge is 2.11. The molecular weight excluding hydrogens is 291 g/mol. The lowest BCUT2D eigenvalue weighted by molar-refractivity contribution is 0.629. The Kier molecular flexibility index (Phi) is 3.33. The van der Waals surface area contributed by atoms with Crippen LogP contribution in [0.25, 0.3) is 11.0 Å². The molecule has 0 saturated carbocycles. The maximum atomic E-state index is 13.5. The Hall–Kier alpha value is -2.07. The summed E-state index contributed by atoms with van der Waals surface area (Å²) < 4.78 is 15.0. The molecule has 108 valence electrons. The SMILES string of the molecule is Cc1cc(C)cc(Cn2c(=O)[nH]c3cc(F)c(Cl)cc32)c1. The Bertz CT molecular complexity index is 875. The van der Waals surface area contributed by atoms with E-state index in [0.29, 0.717) is 17.6 Å². The number of aromatic amines is 1. The predicted molar refractivity (Wildman–Crippen MR) is 82.5 cm³/mol. The van der Waals surface area contributed by atoms with Crippen molar-refractivity contribution in [2.45, 2.75) is 20.4 Å². The van der Waals surface area contributed by atoms with E-state index < -0.39 is 5.82 Å². The van der Waals surface area contributed by atoms with Gasteiger partial charge in [0.05, 0.1) is 22.6 Å². The number of halogens is 2. The molecule has 1 heterocycles. The second kappa shape index (κ2) is 5.04. The van der Waals surface area contributed by atoms with Gasteiger partial charge in [0.15, 0.2) is 0 Å². The molecule has 0 aliphatic heterocycles. The Labute approximate surface area is 126 Å². The molecule has 0 unspecified atom stereocenters. The van der Waals surface area contributed by atoms with E-state index in [1.54, 1.807) is 4.57 Å². The molecule has 0 radical (unpaired) electrons. The minimum atomic E-state index is -0.538. The van der Waals surface area contributed by atoms with Gasteiger partial charge >= 0.3 is 5.69 Å². The van der Waals surface area contributed by atoms with Gasteiger partial charge in [-0.05, 0) is 25.5 Å². The van der Waals surface area contributed by atoms with Gasteiger partial charge < -0.3 is 4.98 Å². The molecule has 0 fully saturated rings. The Balaban J connectivity index is 2.14. The third kappa shape index (κ3) is 2.59. The van der Waals surface area contributed by atoms with Crippen molar-refractivity contribution in [2.24, 2.45) is 0 Å². The number of rotatable bonds is 2. The molecule has 3 aromatic rings. The van der Waals surface area contributed by atoms with Gasteiger partial charge in [0.2, 0.25) is 0 Å². The smallest absolute Gasteiger partial charge is 0.305 e. The second-order valence-corrected chi connectivity index (χ2v) is 5.70. The normalized spacial score (nSPS) is 11.2. The minimum Gasteiger partial charge on any atom is -0.305 e. The van der Waals surface area contributed by atoms with Gasteiger partial charge in [-0.3, -0.25) is 4.57 Å². The molecule has 0 spiro atoms. The van der Waals surface area contributed by atoms with Gasteiger partial charge in [-0.25, -0.2) is 9.18 Å². The summed E-state index contributed by atoms with van der Waals surface area (Å²) in [5.74, 6) is -0.538. The number of hydrogen-bond donors (Lipinski definition) is 1. The zero-order valence-electron chi connectivity index (χ0n) is 11.7. The highest BCUT2D eigenvalue weighted by atomic mass is 35.5. The summed E-state index contributed by atoms with van der Waals surface area (Å²) in [6.07, 6.45) is 0. The zero-order chi connectivity index (χ0) is 15.1. The molecule has 5 heteroatoms. The van der Waals surface area contributed by atoms with Crippen LogP contribution in [-0.4, -0.2) is 9.55 Å². The third-order valence-electron chi connectivity index (χ3n) is 3.44. The number of H-pyrrole nitrogens is 1. The zero-order valence-corrected chi connectivity index (χ0v) is 12.5. The summed E-state index contributed by atoms with van der Waals surface area (Å²) in [7, 11) is 0. The summed E-state index contributed by atoms with van der Waals surface area (Å²) in [6, 6.07) is 8.87. The van der Waals surface area contributed by atoms with Crippen molar-refractivity contribution in [3.05, 3.63) is 68.3 Å². The summed E-state index contributed by atoms with van der Waals surface area (Å²) in [5.41, 5.74) is 4.09. The van der Waals surface area contributed by atoms with Crippen LogP contribution in [0.3, 0.4) is 0 Å². The van der Waals surface area contributed by atoms with E-state index in [-0.39, 0.29) is 10.7 Å². The lowest BCUT2D eigenvalue weighted by Gasteiger charge is -2.07. The van der Waals surface area contributed by atoms with Crippen molar-refractivity contribution in [1.82, 2.24) is 9.55 Å². The van der Waals surface area contributed by atoms with E-state index in [0.717, 1.165) is 16.7 Å². The summed E-state index contributed by atoms with van der Waals surface area (Å²) in [6.45, 7) is 4.45. The van der Waals surface area contributed by atoms with Crippen molar-refractivity contribution >= 4 is 22.6 Å². The van der Waals surface area contributed by atoms with Gasteiger partial charge in [-0.1, -0.05) is 40.9 Å². The lowest BCUT2D eigenvalue weighted by Crippen LogP contribution is -2.17. The van der Waals surface area contributed by atoms with Crippen LogP contribution >= 0.6 is 11.6 Å². The molecule has 1 N–H and O–H groups in total. The van der Waals surface area contributed by atoms with Crippen molar-refractivity contribution in [1.29, 1.82) is 0 Å². The number of aromatic nitrogens is 2. The van der Waals surface area contributed by atoms with Crippen LogP contribution in [0, 0.1) is 19.7 Å². The van der Waals surface area contributed by atoms with E-state index in [2.05, 4.69) is 11.1 Å². The van der Waals surface area contributed by atoms with Gasteiger partial charge in [-0.2, -0.15) is 0 Å². The first-order valence-corrected chi connectivity index (χ1v) is 6.96. The van der Waals surface area contributed by atoms with Crippen LogP contribution in [0.5, 0.6) is 0 Å². The average molecular weight is 305 g/mol. The molecule has 0 saturated heterocycles. The first kappa shape index (κ1) is 13.9. The Morgan fingerprint density at radius 3 is 2.48 bits per heavy atom. The third-order valence-corrected chi connectivity index (χ3v) is 3.73. The first-order valence-electron chi connectivity index (χ1n) is 6.59. The van der Waals surface area contributed by atoms with Gasteiger partial charge in [0.1, 0.15) is 5.82 Å². The molecule has 3 nitrogen and oxygen atoms in total. The minimum absolute atomic E-state index is 0.00988. The first-order chi connectivity index (χ1) is 9.94.